The fourth-order valence-electron chi connectivity index (χ4n) is 3.78. The molecule has 0 fully saturated rings. The molecule has 5 aromatic rings. The molecule has 3 aromatic heterocycles. The first-order valence-electron chi connectivity index (χ1n) is 9.94. The van der Waals surface area contributed by atoms with Gasteiger partial charge in [0.2, 0.25) is 0 Å². The van der Waals surface area contributed by atoms with E-state index in [0.29, 0.717) is 21.8 Å². The second-order valence-electron chi connectivity index (χ2n) is 7.47. The van der Waals surface area contributed by atoms with E-state index in [4.69, 9.17) is 23.1 Å². The van der Waals surface area contributed by atoms with Crippen LogP contribution in [0.4, 0.5) is 24.8 Å². The van der Waals surface area contributed by atoms with E-state index in [1.807, 2.05) is 0 Å². The Balaban J connectivity index is 1.70. The summed E-state index contributed by atoms with van der Waals surface area (Å²) in [4.78, 5) is 8.61. The van der Waals surface area contributed by atoms with Crippen molar-refractivity contribution < 1.29 is 13.2 Å². The Morgan fingerprint density at radius 3 is 2.44 bits per heavy atom. The zero-order chi connectivity index (χ0) is 24.1. The monoisotopic (exact) mass is 484 g/mol. The van der Waals surface area contributed by atoms with Crippen LogP contribution in [-0.2, 0) is 7.05 Å². The van der Waals surface area contributed by atoms with Gasteiger partial charge < -0.3 is 11.5 Å². The molecule has 0 aliphatic rings. The van der Waals surface area contributed by atoms with Gasteiger partial charge >= 0.3 is 0 Å². The van der Waals surface area contributed by atoms with Gasteiger partial charge in [-0.3, -0.25) is 4.68 Å². The summed E-state index contributed by atoms with van der Waals surface area (Å²) >= 11 is 6.12. The fraction of sp³-hybridized carbons (Fsp3) is 0.0909. The van der Waals surface area contributed by atoms with Crippen LogP contribution < -0.4 is 11.5 Å². The van der Waals surface area contributed by atoms with Crippen LogP contribution in [-0.4, -0.2) is 29.5 Å². The maximum atomic E-state index is 15.5. The lowest BCUT2D eigenvalue weighted by atomic mass is 10.0. The van der Waals surface area contributed by atoms with Gasteiger partial charge in [0.25, 0.3) is 5.95 Å². The van der Waals surface area contributed by atoms with E-state index < -0.39 is 23.4 Å². The van der Waals surface area contributed by atoms with Gasteiger partial charge in [0.15, 0.2) is 17.8 Å². The van der Waals surface area contributed by atoms with Gasteiger partial charge in [0.05, 0.1) is 16.8 Å². The molecule has 0 aliphatic carbocycles. The van der Waals surface area contributed by atoms with E-state index >= 15 is 4.39 Å². The van der Waals surface area contributed by atoms with Crippen molar-refractivity contribution in [3.63, 3.8) is 0 Å². The van der Waals surface area contributed by atoms with Crippen molar-refractivity contribution in [2.45, 2.75) is 6.17 Å². The zero-order valence-electron chi connectivity index (χ0n) is 17.5. The third kappa shape index (κ3) is 3.41. The van der Waals surface area contributed by atoms with Crippen LogP contribution in [0.15, 0.2) is 48.7 Å². The lowest BCUT2D eigenvalue weighted by Crippen LogP contribution is -2.11. The average Bonchev–Trinajstić information content (AvgIpc) is 3.38. The summed E-state index contributed by atoms with van der Waals surface area (Å²) in [6.45, 7) is 0. The molecule has 34 heavy (non-hydrogen) atoms. The van der Waals surface area contributed by atoms with Crippen molar-refractivity contribution in [1.29, 1.82) is 0 Å². The molecule has 0 spiro atoms. The molecule has 0 amide bonds. The van der Waals surface area contributed by atoms with E-state index in [1.54, 1.807) is 36.1 Å². The molecule has 8 nitrogen and oxygen atoms in total. The summed E-state index contributed by atoms with van der Waals surface area (Å²) in [5, 5.41) is 8.93. The second-order valence-corrected chi connectivity index (χ2v) is 7.91. The number of benzene rings is 2. The van der Waals surface area contributed by atoms with Crippen LogP contribution in [0.3, 0.4) is 0 Å². The van der Waals surface area contributed by atoms with Crippen LogP contribution in [0.5, 0.6) is 0 Å². The van der Waals surface area contributed by atoms with Gasteiger partial charge in [-0.25, -0.2) is 13.2 Å². The minimum absolute atomic E-state index is 0.0357. The molecule has 172 valence electrons. The van der Waals surface area contributed by atoms with Crippen LogP contribution >= 0.6 is 11.6 Å². The molecular formula is C22H16ClF3N8. The highest BCUT2D eigenvalue weighted by Gasteiger charge is 2.27. The highest BCUT2D eigenvalue weighted by Crippen LogP contribution is 2.36. The van der Waals surface area contributed by atoms with Gasteiger partial charge in [-0.05, 0) is 30.3 Å². The number of aryl methyl sites for hydroxylation is 1. The maximum absolute atomic E-state index is 15.5. The molecule has 0 bridgehead atoms. The van der Waals surface area contributed by atoms with Crippen LogP contribution in [0.25, 0.3) is 28.1 Å². The molecule has 12 heteroatoms. The minimum Gasteiger partial charge on any atom is -0.383 e. The Bertz CT molecular complexity index is 1540. The van der Waals surface area contributed by atoms with Crippen LogP contribution in [0, 0.1) is 11.6 Å². The molecule has 0 aliphatic heterocycles. The second kappa shape index (κ2) is 8.03. The topological polar surface area (TPSA) is 113 Å². The molecule has 1 unspecified atom stereocenters. The van der Waals surface area contributed by atoms with Crippen molar-refractivity contribution in [2.24, 2.45) is 7.05 Å². The van der Waals surface area contributed by atoms with E-state index in [0.717, 1.165) is 12.1 Å². The van der Waals surface area contributed by atoms with Crippen molar-refractivity contribution in [3.8, 4) is 17.2 Å². The van der Waals surface area contributed by atoms with Gasteiger partial charge in [-0.2, -0.15) is 24.8 Å². The standard InChI is InChI=1S/C22H16ClF3N8/c1-33-15(7-8-29-33)16-20(27)30-22(31-21(16)28)34-14-6-5-10(23)9-12(14)19(32-34)18(26)11-3-2-4-13(24)17(11)25/h2-9,18H,1H3,(H4,27,28,30,31). The Hall–Kier alpha value is -4.12. The molecule has 2 aromatic carbocycles. The lowest BCUT2D eigenvalue weighted by Gasteiger charge is -2.11. The highest BCUT2D eigenvalue weighted by molar-refractivity contribution is 6.31. The maximum Gasteiger partial charge on any atom is 0.255 e. The number of fused-ring (bicyclic) bond motifs is 1. The summed E-state index contributed by atoms with van der Waals surface area (Å²) in [6, 6.07) is 9.59. The Morgan fingerprint density at radius 2 is 1.76 bits per heavy atom. The van der Waals surface area contributed by atoms with Gasteiger partial charge in [-0.15, -0.1) is 0 Å². The number of hydrogen-bond acceptors (Lipinski definition) is 6. The van der Waals surface area contributed by atoms with Gasteiger partial charge in [0.1, 0.15) is 17.3 Å². The first kappa shape index (κ1) is 21.7. The van der Waals surface area contributed by atoms with Crippen molar-refractivity contribution >= 4 is 34.1 Å². The molecule has 4 N–H and O–H groups in total. The van der Waals surface area contributed by atoms with Crippen LogP contribution in [0.1, 0.15) is 17.4 Å². The highest BCUT2D eigenvalue weighted by atomic mass is 35.5. The predicted octanol–water partition coefficient (Wildman–Crippen LogP) is 4.37. The zero-order valence-corrected chi connectivity index (χ0v) is 18.3. The Labute approximate surface area is 195 Å². The lowest BCUT2D eigenvalue weighted by molar-refractivity contribution is 0.371. The van der Waals surface area contributed by atoms with E-state index in [-0.39, 0.29) is 28.7 Å². The summed E-state index contributed by atoms with van der Waals surface area (Å²) < 4.78 is 46.4. The molecule has 3 heterocycles. The van der Waals surface area contributed by atoms with Crippen molar-refractivity contribution in [3.05, 3.63) is 76.6 Å². The number of rotatable bonds is 4. The van der Waals surface area contributed by atoms with E-state index in [9.17, 15) is 8.78 Å². The number of anilines is 2. The largest absolute Gasteiger partial charge is 0.383 e. The third-order valence-corrected chi connectivity index (χ3v) is 5.62. The number of nitrogens with two attached hydrogens (primary N) is 2. The fourth-order valence-corrected chi connectivity index (χ4v) is 3.95. The quantitative estimate of drug-likeness (QED) is 0.391. The Kier molecular flexibility index (Phi) is 5.13. The van der Waals surface area contributed by atoms with Crippen molar-refractivity contribution in [2.75, 3.05) is 11.5 Å². The number of halogens is 4. The smallest absolute Gasteiger partial charge is 0.255 e. The van der Waals surface area contributed by atoms with Gasteiger partial charge in [0, 0.05) is 29.2 Å². The minimum atomic E-state index is -2.10. The average molecular weight is 485 g/mol. The van der Waals surface area contributed by atoms with E-state index in [2.05, 4.69) is 20.2 Å². The SMILES string of the molecule is Cn1nccc1-c1c(N)nc(-n2nc(C(F)c3cccc(F)c3F)c3cc(Cl)ccc32)nc1N. The first-order valence-corrected chi connectivity index (χ1v) is 10.3. The number of hydrogen-bond donors (Lipinski definition) is 2. The molecular weight excluding hydrogens is 469 g/mol. The van der Waals surface area contributed by atoms with Crippen molar-refractivity contribution in [1.82, 2.24) is 29.5 Å². The number of nitrogens with zero attached hydrogens (tertiary/aromatic N) is 6. The molecule has 5 rings (SSSR count). The summed E-state index contributed by atoms with van der Waals surface area (Å²) in [6.07, 6.45) is -0.521. The number of alkyl halides is 1. The number of aromatic nitrogens is 6. The predicted molar refractivity (Wildman–Crippen MR) is 122 cm³/mol. The first-order chi connectivity index (χ1) is 16.3. The molecule has 0 radical (unpaired) electrons. The molecule has 1 atom stereocenters. The third-order valence-electron chi connectivity index (χ3n) is 5.38. The summed E-state index contributed by atoms with van der Waals surface area (Å²) in [7, 11) is 1.71. The normalized spacial score (nSPS) is 12.4. The van der Waals surface area contributed by atoms with Crippen LogP contribution in [0.2, 0.25) is 5.02 Å². The van der Waals surface area contributed by atoms with Gasteiger partial charge in [-0.1, -0.05) is 23.7 Å². The van der Waals surface area contributed by atoms with E-state index in [1.165, 1.54) is 16.8 Å². The molecule has 0 saturated heterocycles. The molecule has 0 saturated carbocycles. The summed E-state index contributed by atoms with van der Waals surface area (Å²) in [5.74, 6) is -2.40. The number of nitrogen functional groups attached to an aromatic ring is 2. The summed E-state index contributed by atoms with van der Waals surface area (Å²) in [5.41, 5.74) is 13.0. The Morgan fingerprint density at radius 1 is 1.03 bits per heavy atom.